The molecule has 106 valence electrons. The second-order valence-electron chi connectivity index (χ2n) is 5.25. The van der Waals surface area contributed by atoms with Crippen molar-refractivity contribution in [3.63, 3.8) is 0 Å². The van der Waals surface area contributed by atoms with E-state index in [1.54, 1.807) is 4.57 Å². The predicted octanol–water partition coefficient (Wildman–Crippen LogP) is 4.07. The van der Waals surface area contributed by atoms with Crippen LogP contribution in [0.1, 0.15) is 17.0 Å². The van der Waals surface area contributed by atoms with Crippen LogP contribution in [-0.4, -0.2) is 9.55 Å². The van der Waals surface area contributed by atoms with Crippen LogP contribution in [0.5, 0.6) is 0 Å². The van der Waals surface area contributed by atoms with E-state index >= 15 is 0 Å². The number of nitrogens with zero attached hydrogens (tertiary/aromatic N) is 2. The molecule has 21 heavy (non-hydrogen) atoms. The van der Waals surface area contributed by atoms with Gasteiger partial charge in [0.1, 0.15) is 5.82 Å². The Kier molecular flexibility index (Phi) is 3.41. The van der Waals surface area contributed by atoms with Gasteiger partial charge >= 0.3 is 0 Å². The van der Waals surface area contributed by atoms with Gasteiger partial charge in [0.2, 0.25) is 0 Å². The second kappa shape index (κ2) is 5.11. The molecule has 3 aromatic rings. The summed E-state index contributed by atoms with van der Waals surface area (Å²) >= 11 is 3.41. The van der Waals surface area contributed by atoms with Gasteiger partial charge in [0.15, 0.2) is 0 Å². The number of hydrogen-bond donors (Lipinski definition) is 0. The fourth-order valence-corrected chi connectivity index (χ4v) is 2.97. The molecule has 1 heterocycles. The van der Waals surface area contributed by atoms with Crippen molar-refractivity contribution in [2.75, 3.05) is 0 Å². The third-order valence-corrected chi connectivity index (χ3v) is 4.08. The number of halogens is 1. The summed E-state index contributed by atoms with van der Waals surface area (Å²) in [6.07, 6.45) is 0. The maximum absolute atomic E-state index is 12.8. The van der Waals surface area contributed by atoms with E-state index in [0.717, 1.165) is 21.2 Å². The van der Waals surface area contributed by atoms with E-state index in [0.29, 0.717) is 11.2 Å². The molecule has 0 unspecified atom stereocenters. The highest BCUT2D eigenvalue weighted by Gasteiger charge is 2.11. The quantitative estimate of drug-likeness (QED) is 0.668. The maximum atomic E-state index is 12.8. The lowest BCUT2D eigenvalue weighted by Gasteiger charge is -2.14. The average Bonchev–Trinajstić information content (AvgIpc) is 2.42. The first kappa shape index (κ1) is 14.0. The zero-order chi connectivity index (χ0) is 15.1. The van der Waals surface area contributed by atoms with Crippen molar-refractivity contribution >= 4 is 26.8 Å². The lowest BCUT2D eigenvalue weighted by atomic mass is 10.1. The summed E-state index contributed by atoms with van der Waals surface area (Å²) < 4.78 is 2.56. The van der Waals surface area contributed by atoms with Gasteiger partial charge in [-0.1, -0.05) is 33.6 Å². The third kappa shape index (κ3) is 2.40. The smallest absolute Gasteiger partial charge is 0.266 e. The molecular formula is C17H15BrN2O. The molecule has 0 radical (unpaired) electrons. The standard InChI is InChI=1S/C17H15BrN2O/c1-10-4-7-16(11(2)8-10)20-12(3)19-15-6-5-13(18)9-14(15)17(20)21/h4-9H,1-3H3. The number of fused-ring (bicyclic) bond motifs is 1. The van der Waals surface area contributed by atoms with Crippen molar-refractivity contribution in [1.29, 1.82) is 0 Å². The Balaban J connectivity index is 2.40. The van der Waals surface area contributed by atoms with E-state index in [1.165, 1.54) is 5.56 Å². The van der Waals surface area contributed by atoms with E-state index in [9.17, 15) is 4.79 Å². The number of benzene rings is 2. The Hall–Kier alpha value is -1.94. The van der Waals surface area contributed by atoms with Gasteiger partial charge in [-0.15, -0.1) is 0 Å². The summed E-state index contributed by atoms with van der Waals surface area (Å²) in [4.78, 5) is 17.4. The van der Waals surface area contributed by atoms with Crippen LogP contribution < -0.4 is 5.56 Å². The van der Waals surface area contributed by atoms with E-state index in [1.807, 2.05) is 51.1 Å². The molecule has 0 amide bonds. The molecule has 0 bridgehead atoms. The molecule has 0 spiro atoms. The number of hydrogen-bond acceptors (Lipinski definition) is 2. The van der Waals surface area contributed by atoms with Crippen molar-refractivity contribution in [3.05, 3.63) is 68.2 Å². The first-order valence-electron chi connectivity index (χ1n) is 6.74. The van der Waals surface area contributed by atoms with Gasteiger partial charge in [0.05, 0.1) is 16.6 Å². The van der Waals surface area contributed by atoms with Crippen LogP contribution in [-0.2, 0) is 0 Å². The minimum absolute atomic E-state index is 0.0363. The van der Waals surface area contributed by atoms with Gasteiger partial charge in [-0.05, 0) is 50.6 Å². The van der Waals surface area contributed by atoms with Crippen molar-refractivity contribution in [1.82, 2.24) is 9.55 Å². The highest BCUT2D eigenvalue weighted by molar-refractivity contribution is 9.10. The Bertz CT molecular complexity index is 913. The van der Waals surface area contributed by atoms with Gasteiger partial charge in [-0.3, -0.25) is 9.36 Å². The summed E-state index contributed by atoms with van der Waals surface area (Å²) in [5, 5.41) is 0.620. The van der Waals surface area contributed by atoms with E-state index in [2.05, 4.69) is 27.0 Å². The van der Waals surface area contributed by atoms with Gasteiger partial charge < -0.3 is 0 Å². The fourth-order valence-electron chi connectivity index (χ4n) is 2.61. The molecule has 4 heteroatoms. The van der Waals surface area contributed by atoms with E-state index in [-0.39, 0.29) is 5.56 Å². The van der Waals surface area contributed by atoms with Crippen molar-refractivity contribution in [2.24, 2.45) is 0 Å². The molecule has 0 saturated carbocycles. The fraction of sp³-hybridized carbons (Fsp3) is 0.176. The van der Waals surface area contributed by atoms with Gasteiger partial charge in [-0.25, -0.2) is 4.98 Å². The van der Waals surface area contributed by atoms with Crippen LogP contribution in [0.15, 0.2) is 45.7 Å². The molecule has 2 aromatic carbocycles. The third-order valence-electron chi connectivity index (χ3n) is 3.59. The topological polar surface area (TPSA) is 34.9 Å². The Morgan fingerprint density at radius 2 is 1.81 bits per heavy atom. The summed E-state index contributed by atoms with van der Waals surface area (Å²) in [6, 6.07) is 11.6. The number of aromatic nitrogens is 2. The molecule has 0 saturated heterocycles. The number of rotatable bonds is 1. The van der Waals surface area contributed by atoms with Gasteiger partial charge in [0, 0.05) is 4.47 Å². The zero-order valence-electron chi connectivity index (χ0n) is 12.1. The van der Waals surface area contributed by atoms with Crippen molar-refractivity contribution in [2.45, 2.75) is 20.8 Å². The Morgan fingerprint density at radius 1 is 1.05 bits per heavy atom. The summed E-state index contributed by atoms with van der Waals surface area (Å²) in [5.41, 5.74) is 3.82. The average molecular weight is 343 g/mol. The lowest BCUT2D eigenvalue weighted by molar-refractivity contribution is 0.887. The molecule has 0 aliphatic heterocycles. The summed E-state index contributed by atoms with van der Waals surface area (Å²) in [7, 11) is 0. The van der Waals surface area contributed by atoms with Crippen molar-refractivity contribution < 1.29 is 0 Å². The minimum atomic E-state index is -0.0363. The minimum Gasteiger partial charge on any atom is -0.268 e. The predicted molar refractivity (Wildman–Crippen MR) is 89.3 cm³/mol. The normalized spacial score (nSPS) is 11.0. The largest absolute Gasteiger partial charge is 0.268 e. The van der Waals surface area contributed by atoms with Crippen LogP contribution >= 0.6 is 15.9 Å². The molecule has 0 fully saturated rings. The first-order chi connectivity index (χ1) is 9.97. The summed E-state index contributed by atoms with van der Waals surface area (Å²) in [5.74, 6) is 0.696. The molecule has 0 N–H and O–H groups in total. The molecule has 3 rings (SSSR count). The molecule has 0 aliphatic rings. The van der Waals surface area contributed by atoms with Crippen molar-refractivity contribution in [3.8, 4) is 5.69 Å². The molecule has 0 atom stereocenters. The second-order valence-corrected chi connectivity index (χ2v) is 6.17. The van der Waals surface area contributed by atoms with Crippen LogP contribution in [0, 0.1) is 20.8 Å². The number of aryl methyl sites for hydroxylation is 3. The van der Waals surface area contributed by atoms with Crippen LogP contribution in [0.25, 0.3) is 16.6 Å². The molecular weight excluding hydrogens is 328 g/mol. The van der Waals surface area contributed by atoms with Crippen LogP contribution in [0.3, 0.4) is 0 Å². The lowest BCUT2D eigenvalue weighted by Crippen LogP contribution is -2.23. The molecule has 0 aliphatic carbocycles. The first-order valence-corrected chi connectivity index (χ1v) is 7.53. The summed E-state index contributed by atoms with van der Waals surface area (Å²) in [6.45, 7) is 5.92. The highest BCUT2D eigenvalue weighted by Crippen LogP contribution is 2.19. The van der Waals surface area contributed by atoms with E-state index < -0.39 is 0 Å². The molecule has 3 nitrogen and oxygen atoms in total. The SMILES string of the molecule is Cc1ccc(-n2c(C)nc3ccc(Br)cc3c2=O)c(C)c1. The Labute approximate surface area is 131 Å². The molecule has 1 aromatic heterocycles. The maximum Gasteiger partial charge on any atom is 0.266 e. The zero-order valence-corrected chi connectivity index (χ0v) is 13.7. The van der Waals surface area contributed by atoms with Crippen LogP contribution in [0.4, 0.5) is 0 Å². The highest BCUT2D eigenvalue weighted by atomic mass is 79.9. The van der Waals surface area contributed by atoms with Crippen LogP contribution in [0.2, 0.25) is 0 Å². The Morgan fingerprint density at radius 3 is 2.52 bits per heavy atom. The van der Waals surface area contributed by atoms with Gasteiger partial charge in [0.25, 0.3) is 5.56 Å². The monoisotopic (exact) mass is 342 g/mol. The van der Waals surface area contributed by atoms with E-state index in [4.69, 9.17) is 0 Å². The van der Waals surface area contributed by atoms with Gasteiger partial charge in [-0.2, -0.15) is 0 Å².